The highest BCUT2D eigenvalue weighted by molar-refractivity contribution is 5.84. The van der Waals surface area contributed by atoms with Crippen LogP contribution in [0.3, 0.4) is 0 Å². The summed E-state index contributed by atoms with van der Waals surface area (Å²) in [4.78, 5) is 32.3. The number of hydrogen-bond acceptors (Lipinski definition) is 5. The van der Waals surface area contributed by atoms with Crippen molar-refractivity contribution in [3.05, 3.63) is 58.9 Å². The van der Waals surface area contributed by atoms with Crippen LogP contribution in [0.25, 0.3) is 5.78 Å². The maximum absolute atomic E-state index is 12.9. The second-order valence-electron chi connectivity index (χ2n) is 5.81. The topological polar surface area (TPSA) is 101 Å². The quantitative estimate of drug-likeness (QED) is 0.674. The van der Waals surface area contributed by atoms with E-state index < -0.39 is 5.91 Å². The van der Waals surface area contributed by atoms with Gasteiger partial charge >= 0.3 is 0 Å². The maximum Gasteiger partial charge on any atom is 0.252 e. The van der Waals surface area contributed by atoms with Crippen molar-refractivity contribution in [3.63, 3.8) is 0 Å². The van der Waals surface area contributed by atoms with Gasteiger partial charge in [-0.1, -0.05) is 12.1 Å². The molecular weight excluding hydrogens is 339 g/mol. The molecule has 0 saturated carbocycles. The molecule has 0 unspecified atom stereocenters. The Hall–Kier alpha value is -3.36. The monoisotopic (exact) mass is 356 g/mol. The molecule has 2 aromatic heterocycles. The summed E-state index contributed by atoms with van der Waals surface area (Å²) in [5.41, 5.74) is 7.52. The van der Waals surface area contributed by atoms with E-state index in [0.717, 1.165) is 5.69 Å². The van der Waals surface area contributed by atoms with E-state index in [-0.39, 0.29) is 24.6 Å². The Morgan fingerprint density at radius 1 is 1.08 bits per heavy atom. The first-order valence-electron chi connectivity index (χ1n) is 7.92. The third-order valence-electron chi connectivity index (χ3n) is 3.95. The highest BCUT2D eigenvalue weighted by Gasteiger charge is 2.15. The van der Waals surface area contributed by atoms with Crippen LogP contribution in [0.5, 0.6) is 0 Å². The number of aryl methyl sites for hydroxylation is 2. The second-order valence-corrected chi connectivity index (χ2v) is 5.81. The number of nitrogens with one attached hydrogen (secondary N) is 2. The van der Waals surface area contributed by atoms with E-state index >= 15 is 0 Å². The van der Waals surface area contributed by atoms with Crippen molar-refractivity contribution in [2.75, 3.05) is 0 Å². The van der Waals surface area contributed by atoms with Gasteiger partial charge in [0.05, 0.1) is 12.8 Å². The SMILES string of the molecule is Cc1nc2ncnn2c(C)c1CC(=O)NNC(=O)Cc1ccc(F)cc1. The summed E-state index contributed by atoms with van der Waals surface area (Å²) in [6.07, 6.45) is 1.47. The van der Waals surface area contributed by atoms with Crippen LogP contribution >= 0.6 is 0 Å². The van der Waals surface area contributed by atoms with Crippen molar-refractivity contribution >= 4 is 17.6 Å². The number of fused-ring (bicyclic) bond motifs is 1. The van der Waals surface area contributed by atoms with Crippen molar-refractivity contribution in [1.29, 1.82) is 0 Å². The number of amides is 2. The van der Waals surface area contributed by atoms with Gasteiger partial charge in [0.1, 0.15) is 12.1 Å². The number of hydrogen-bond donors (Lipinski definition) is 2. The van der Waals surface area contributed by atoms with Crippen molar-refractivity contribution in [2.45, 2.75) is 26.7 Å². The van der Waals surface area contributed by atoms with Gasteiger partial charge in [-0.3, -0.25) is 20.4 Å². The molecule has 0 saturated heterocycles. The normalized spacial score (nSPS) is 10.7. The van der Waals surface area contributed by atoms with Crippen LogP contribution in [0, 0.1) is 19.7 Å². The van der Waals surface area contributed by atoms with Gasteiger partial charge in [-0.05, 0) is 31.5 Å². The minimum atomic E-state index is -0.400. The van der Waals surface area contributed by atoms with E-state index in [1.54, 1.807) is 11.4 Å². The zero-order valence-corrected chi connectivity index (χ0v) is 14.3. The van der Waals surface area contributed by atoms with E-state index in [4.69, 9.17) is 0 Å². The van der Waals surface area contributed by atoms with Crippen LogP contribution in [-0.4, -0.2) is 31.4 Å². The molecule has 0 spiro atoms. The molecule has 2 amide bonds. The molecule has 0 aliphatic carbocycles. The summed E-state index contributed by atoms with van der Waals surface area (Å²) in [5, 5.41) is 4.07. The highest BCUT2D eigenvalue weighted by atomic mass is 19.1. The van der Waals surface area contributed by atoms with Gasteiger partial charge in [0.25, 0.3) is 5.78 Å². The minimum absolute atomic E-state index is 0.0328. The Labute approximate surface area is 148 Å². The number of aromatic nitrogens is 4. The van der Waals surface area contributed by atoms with Crippen molar-refractivity contribution in [3.8, 4) is 0 Å². The molecule has 0 atom stereocenters. The molecule has 134 valence electrons. The molecule has 0 radical (unpaired) electrons. The predicted molar refractivity (Wildman–Crippen MR) is 90.3 cm³/mol. The average molecular weight is 356 g/mol. The molecule has 1 aromatic carbocycles. The molecule has 8 nitrogen and oxygen atoms in total. The summed E-state index contributed by atoms with van der Waals surface area (Å²) >= 11 is 0. The third kappa shape index (κ3) is 3.82. The van der Waals surface area contributed by atoms with E-state index in [9.17, 15) is 14.0 Å². The van der Waals surface area contributed by atoms with Gasteiger partial charge in [-0.15, -0.1) is 0 Å². The van der Waals surface area contributed by atoms with E-state index in [1.165, 1.54) is 30.6 Å². The first-order chi connectivity index (χ1) is 12.4. The average Bonchev–Trinajstić information content (AvgIpc) is 3.07. The molecular formula is C17H17FN6O2. The lowest BCUT2D eigenvalue weighted by molar-refractivity contribution is -0.128. The minimum Gasteiger partial charge on any atom is -0.273 e. The Morgan fingerprint density at radius 2 is 1.73 bits per heavy atom. The third-order valence-corrected chi connectivity index (χ3v) is 3.95. The van der Waals surface area contributed by atoms with Gasteiger partial charge in [-0.25, -0.2) is 13.9 Å². The van der Waals surface area contributed by atoms with Crippen LogP contribution in [0.4, 0.5) is 4.39 Å². The lowest BCUT2D eigenvalue weighted by Crippen LogP contribution is -2.43. The van der Waals surface area contributed by atoms with Crippen LogP contribution in [0.15, 0.2) is 30.6 Å². The number of carbonyl (C=O) groups is 2. The smallest absolute Gasteiger partial charge is 0.252 e. The molecule has 0 aliphatic heterocycles. The summed E-state index contributed by atoms with van der Waals surface area (Å²) in [7, 11) is 0. The Balaban J connectivity index is 1.59. The van der Waals surface area contributed by atoms with Crippen LogP contribution in [0.2, 0.25) is 0 Å². The molecule has 3 aromatic rings. The van der Waals surface area contributed by atoms with Gasteiger partial charge in [0.15, 0.2) is 0 Å². The van der Waals surface area contributed by atoms with Crippen molar-refractivity contribution in [2.24, 2.45) is 0 Å². The molecule has 2 N–H and O–H groups in total. The fourth-order valence-electron chi connectivity index (χ4n) is 2.59. The van der Waals surface area contributed by atoms with Crippen molar-refractivity contribution in [1.82, 2.24) is 30.4 Å². The molecule has 9 heteroatoms. The summed E-state index contributed by atoms with van der Waals surface area (Å²) in [6.45, 7) is 3.61. The van der Waals surface area contributed by atoms with Crippen LogP contribution < -0.4 is 10.9 Å². The predicted octanol–water partition coefficient (Wildman–Crippen LogP) is 0.813. The van der Waals surface area contributed by atoms with E-state index in [0.29, 0.717) is 22.6 Å². The van der Waals surface area contributed by atoms with E-state index in [2.05, 4.69) is 25.9 Å². The van der Waals surface area contributed by atoms with Crippen LogP contribution in [0.1, 0.15) is 22.5 Å². The Kier molecular flexibility index (Phi) is 4.87. The molecule has 0 aliphatic rings. The maximum atomic E-state index is 12.9. The zero-order valence-electron chi connectivity index (χ0n) is 14.3. The van der Waals surface area contributed by atoms with Gasteiger partial charge in [0, 0.05) is 17.0 Å². The van der Waals surface area contributed by atoms with E-state index in [1.807, 2.05) is 6.92 Å². The summed E-state index contributed by atoms with van der Waals surface area (Å²) in [6, 6.07) is 5.59. The summed E-state index contributed by atoms with van der Waals surface area (Å²) in [5.74, 6) is -0.684. The standard InChI is InChI=1S/C17H17FN6O2/c1-10-14(11(2)24-17(21-10)19-9-20-24)8-16(26)23-22-15(25)7-12-3-5-13(18)6-4-12/h3-6,9H,7-8H2,1-2H3,(H,22,25)(H,23,26). The summed E-state index contributed by atoms with van der Waals surface area (Å²) < 4.78 is 14.4. The molecule has 3 rings (SSSR count). The van der Waals surface area contributed by atoms with Gasteiger partial charge in [-0.2, -0.15) is 10.1 Å². The number of halogens is 1. The highest BCUT2D eigenvalue weighted by Crippen LogP contribution is 2.13. The lowest BCUT2D eigenvalue weighted by atomic mass is 10.1. The number of carbonyl (C=O) groups excluding carboxylic acids is 2. The number of nitrogens with zero attached hydrogens (tertiary/aromatic N) is 4. The zero-order chi connectivity index (χ0) is 18.7. The molecule has 0 fully saturated rings. The fourth-order valence-corrected chi connectivity index (χ4v) is 2.59. The molecule has 26 heavy (non-hydrogen) atoms. The van der Waals surface area contributed by atoms with Crippen LogP contribution in [-0.2, 0) is 22.4 Å². The molecule has 2 heterocycles. The first kappa shape index (κ1) is 17.5. The Morgan fingerprint density at radius 3 is 2.42 bits per heavy atom. The van der Waals surface area contributed by atoms with Gasteiger partial charge in [0.2, 0.25) is 11.8 Å². The number of hydrazine groups is 1. The first-order valence-corrected chi connectivity index (χ1v) is 7.92. The largest absolute Gasteiger partial charge is 0.273 e. The number of rotatable bonds is 4. The molecule has 0 bridgehead atoms. The van der Waals surface area contributed by atoms with Gasteiger partial charge < -0.3 is 0 Å². The van der Waals surface area contributed by atoms with Crippen molar-refractivity contribution < 1.29 is 14.0 Å². The fraction of sp³-hybridized carbons (Fsp3) is 0.235. The lowest BCUT2D eigenvalue weighted by Gasteiger charge is -2.11. The second kappa shape index (κ2) is 7.26. The Bertz CT molecular complexity index is 967. The number of benzene rings is 1.